The topological polar surface area (TPSA) is 43.1 Å². The highest BCUT2D eigenvalue weighted by Crippen LogP contribution is 2.40. The second kappa shape index (κ2) is 4.12. The molecule has 1 saturated carbocycles. The highest BCUT2D eigenvalue weighted by molar-refractivity contribution is 5.73. The van der Waals surface area contributed by atoms with Gasteiger partial charge in [-0.2, -0.15) is 0 Å². The molecular formula is C11H21NO. The first kappa shape index (κ1) is 10.6. The van der Waals surface area contributed by atoms with Crippen molar-refractivity contribution in [1.29, 1.82) is 0 Å². The lowest BCUT2D eigenvalue weighted by Gasteiger charge is -2.35. The van der Waals surface area contributed by atoms with Gasteiger partial charge in [-0.3, -0.25) is 4.79 Å². The number of rotatable bonds is 3. The van der Waals surface area contributed by atoms with Crippen LogP contribution in [0.25, 0.3) is 0 Å². The summed E-state index contributed by atoms with van der Waals surface area (Å²) in [6.45, 7) is 4.65. The maximum Gasteiger partial charge on any atom is 0.217 e. The molecule has 2 N–H and O–H groups in total. The molecule has 2 nitrogen and oxygen atoms in total. The van der Waals surface area contributed by atoms with Gasteiger partial charge in [0.1, 0.15) is 0 Å². The zero-order chi connectivity index (χ0) is 9.90. The Labute approximate surface area is 80.9 Å². The van der Waals surface area contributed by atoms with Crippen LogP contribution in [-0.2, 0) is 4.79 Å². The number of amides is 1. The van der Waals surface area contributed by atoms with Gasteiger partial charge in [-0.25, -0.2) is 0 Å². The Morgan fingerprint density at radius 2 is 2.23 bits per heavy atom. The van der Waals surface area contributed by atoms with Gasteiger partial charge >= 0.3 is 0 Å². The Balaban J connectivity index is 2.30. The molecule has 1 amide bonds. The first-order chi connectivity index (χ1) is 5.99. The molecule has 1 unspecified atom stereocenters. The van der Waals surface area contributed by atoms with Crippen molar-refractivity contribution in [1.82, 2.24) is 0 Å². The summed E-state index contributed by atoms with van der Waals surface area (Å²) in [6, 6.07) is 0. The monoisotopic (exact) mass is 183 g/mol. The van der Waals surface area contributed by atoms with Gasteiger partial charge in [0.05, 0.1) is 0 Å². The largest absolute Gasteiger partial charge is 0.370 e. The molecule has 0 heterocycles. The van der Waals surface area contributed by atoms with E-state index < -0.39 is 0 Å². The molecule has 2 heteroatoms. The minimum Gasteiger partial charge on any atom is -0.370 e. The van der Waals surface area contributed by atoms with Crippen LogP contribution in [-0.4, -0.2) is 5.91 Å². The Kier molecular flexibility index (Phi) is 3.34. The number of hydrogen-bond donors (Lipinski definition) is 1. The smallest absolute Gasteiger partial charge is 0.217 e. The van der Waals surface area contributed by atoms with Gasteiger partial charge < -0.3 is 5.73 Å². The van der Waals surface area contributed by atoms with Crippen LogP contribution in [0.3, 0.4) is 0 Å². The molecule has 0 aromatic rings. The Morgan fingerprint density at radius 3 is 2.77 bits per heavy atom. The standard InChI is InChI=1S/C11H21NO/c1-11(2)7-3-4-9(8-11)5-6-10(12)13/h9H,3-8H2,1-2H3,(H2,12,13). The molecular weight excluding hydrogens is 162 g/mol. The molecule has 1 rings (SSSR count). The summed E-state index contributed by atoms with van der Waals surface area (Å²) >= 11 is 0. The fourth-order valence-electron chi connectivity index (χ4n) is 2.45. The summed E-state index contributed by atoms with van der Waals surface area (Å²) in [5, 5.41) is 0. The fraction of sp³-hybridized carbons (Fsp3) is 0.909. The summed E-state index contributed by atoms with van der Waals surface area (Å²) < 4.78 is 0. The summed E-state index contributed by atoms with van der Waals surface area (Å²) in [4.78, 5) is 10.6. The van der Waals surface area contributed by atoms with Crippen LogP contribution in [0.2, 0.25) is 0 Å². The number of primary amides is 1. The fourth-order valence-corrected chi connectivity index (χ4v) is 2.45. The van der Waals surface area contributed by atoms with E-state index in [0.29, 0.717) is 11.8 Å². The molecule has 76 valence electrons. The SMILES string of the molecule is CC1(C)CCCC(CCC(N)=O)C1. The van der Waals surface area contributed by atoms with Crippen molar-refractivity contribution in [2.24, 2.45) is 17.1 Å². The zero-order valence-corrected chi connectivity index (χ0v) is 8.81. The van der Waals surface area contributed by atoms with Crippen LogP contribution in [0.5, 0.6) is 0 Å². The van der Waals surface area contributed by atoms with Gasteiger partial charge in [-0.1, -0.05) is 26.7 Å². The highest BCUT2D eigenvalue weighted by Gasteiger charge is 2.27. The van der Waals surface area contributed by atoms with E-state index >= 15 is 0 Å². The van der Waals surface area contributed by atoms with Crippen LogP contribution < -0.4 is 5.73 Å². The van der Waals surface area contributed by atoms with Gasteiger partial charge in [0.15, 0.2) is 0 Å². The minimum absolute atomic E-state index is 0.150. The third kappa shape index (κ3) is 3.79. The third-order valence-corrected chi connectivity index (χ3v) is 3.11. The predicted octanol–water partition coefficient (Wildman–Crippen LogP) is 2.47. The van der Waals surface area contributed by atoms with Crippen LogP contribution >= 0.6 is 0 Å². The molecule has 0 aliphatic heterocycles. The van der Waals surface area contributed by atoms with Crippen molar-refractivity contribution >= 4 is 5.91 Å². The van der Waals surface area contributed by atoms with Crippen LogP contribution in [0.1, 0.15) is 52.4 Å². The quantitative estimate of drug-likeness (QED) is 0.717. The molecule has 0 spiro atoms. The predicted molar refractivity (Wildman–Crippen MR) is 54.2 cm³/mol. The average molecular weight is 183 g/mol. The van der Waals surface area contributed by atoms with E-state index in [4.69, 9.17) is 5.73 Å². The highest BCUT2D eigenvalue weighted by atomic mass is 16.1. The molecule has 13 heavy (non-hydrogen) atoms. The Bertz CT molecular complexity index is 187. The van der Waals surface area contributed by atoms with E-state index in [2.05, 4.69) is 13.8 Å². The van der Waals surface area contributed by atoms with Gasteiger partial charge in [0, 0.05) is 6.42 Å². The van der Waals surface area contributed by atoms with Crippen LogP contribution in [0.15, 0.2) is 0 Å². The molecule has 0 bridgehead atoms. The average Bonchev–Trinajstić information content (AvgIpc) is 1.99. The van der Waals surface area contributed by atoms with Crippen molar-refractivity contribution in [3.05, 3.63) is 0 Å². The molecule has 1 fully saturated rings. The van der Waals surface area contributed by atoms with Crippen molar-refractivity contribution in [3.63, 3.8) is 0 Å². The molecule has 0 radical (unpaired) electrons. The first-order valence-electron chi connectivity index (χ1n) is 5.28. The van der Waals surface area contributed by atoms with E-state index in [9.17, 15) is 4.79 Å². The number of carbonyl (C=O) groups is 1. The zero-order valence-electron chi connectivity index (χ0n) is 8.81. The Morgan fingerprint density at radius 1 is 1.54 bits per heavy atom. The van der Waals surface area contributed by atoms with E-state index in [-0.39, 0.29) is 5.91 Å². The summed E-state index contributed by atoms with van der Waals surface area (Å²) in [7, 11) is 0. The third-order valence-electron chi connectivity index (χ3n) is 3.11. The van der Waals surface area contributed by atoms with Crippen molar-refractivity contribution in [2.75, 3.05) is 0 Å². The second-order valence-electron chi connectivity index (χ2n) is 5.13. The lowest BCUT2D eigenvalue weighted by molar-refractivity contribution is -0.118. The maximum atomic E-state index is 10.6. The summed E-state index contributed by atoms with van der Waals surface area (Å²) in [6.07, 6.45) is 6.77. The van der Waals surface area contributed by atoms with Crippen LogP contribution in [0, 0.1) is 11.3 Å². The lowest BCUT2D eigenvalue weighted by Crippen LogP contribution is -2.23. The number of nitrogens with two attached hydrogens (primary N) is 1. The Hall–Kier alpha value is -0.530. The van der Waals surface area contributed by atoms with E-state index in [1.54, 1.807) is 0 Å². The molecule has 0 saturated heterocycles. The second-order valence-corrected chi connectivity index (χ2v) is 5.13. The maximum absolute atomic E-state index is 10.6. The normalized spacial score (nSPS) is 27.1. The molecule has 1 aliphatic rings. The number of hydrogen-bond acceptors (Lipinski definition) is 1. The van der Waals surface area contributed by atoms with Crippen LogP contribution in [0.4, 0.5) is 0 Å². The molecule has 1 atom stereocenters. The minimum atomic E-state index is -0.150. The first-order valence-corrected chi connectivity index (χ1v) is 5.28. The van der Waals surface area contributed by atoms with Crippen molar-refractivity contribution in [2.45, 2.75) is 52.4 Å². The summed E-state index contributed by atoms with van der Waals surface area (Å²) in [5.74, 6) is 0.583. The lowest BCUT2D eigenvalue weighted by atomic mass is 9.71. The van der Waals surface area contributed by atoms with Gasteiger partial charge in [-0.15, -0.1) is 0 Å². The van der Waals surface area contributed by atoms with Crippen molar-refractivity contribution < 1.29 is 4.79 Å². The van der Waals surface area contributed by atoms with E-state index in [0.717, 1.165) is 12.3 Å². The van der Waals surface area contributed by atoms with E-state index in [1.807, 2.05) is 0 Å². The van der Waals surface area contributed by atoms with Gasteiger partial charge in [0.2, 0.25) is 5.91 Å². The number of carbonyl (C=O) groups excluding carboxylic acids is 1. The molecule has 0 aromatic carbocycles. The molecule has 0 aromatic heterocycles. The van der Waals surface area contributed by atoms with E-state index in [1.165, 1.54) is 25.7 Å². The van der Waals surface area contributed by atoms with Crippen molar-refractivity contribution in [3.8, 4) is 0 Å². The van der Waals surface area contributed by atoms with Gasteiger partial charge in [0.25, 0.3) is 0 Å². The summed E-state index contributed by atoms with van der Waals surface area (Å²) in [5.41, 5.74) is 5.62. The van der Waals surface area contributed by atoms with Gasteiger partial charge in [-0.05, 0) is 30.6 Å². The molecule has 1 aliphatic carbocycles.